The minimum Gasteiger partial charge on any atom is -0.307 e. The smallest absolute Gasteiger partial charge is 0.138 e. The van der Waals surface area contributed by atoms with Crippen molar-refractivity contribution in [2.45, 2.75) is 53.4 Å². The van der Waals surface area contributed by atoms with Gasteiger partial charge in [0.25, 0.3) is 0 Å². The third-order valence-electron chi connectivity index (χ3n) is 15.4. The number of nitrogens with zero attached hydrogens (tertiary/aromatic N) is 4. The third kappa shape index (κ3) is 8.84. The van der Waals surface area contributed by atoms with E-state index in [4.69, 9.17) is 9.97 Å². The van der Waals surface area contributed by atoms with Crippen molar-refractivity contribution >= 4 is 54.5 Å². The summed E-state index contributed by atoms with van der Waals surface area (Å²) in [5.41, 5.74) is 20.6. The van der Waals surface area contributed by atoms with Gasteiger partial charge in [-0.25, -0.2) is 4.98 Å². The normalized spacial score (nSPS) is 11.9. The molecule has 0 amide bonds. The second-order valence-corrected chi connectivity index (χ2v) is 21.6. The molecule has 0 N–H and O–H groups in total. The first-order valence-corrected chi connectivity index (χ1v) is 27.1. The second-order valence-electron chi connectivity index (χ2n) is 21.6. The van der Waals surface area contributed by atoms with Gasteiger partial charge in [0.2, 0.25) is 0 Å². The molecule has 0 aliphatic carbocycles. The van der Waals surface area contributed by atoms with Crippen LogP contribution >= 0.6 is 0 Å². The molecular weight excluding hydrogens is 921 g/mol. The van der Waals surface area contributed by atoms with Crippen molar-refractivity contribution in [3.05, 3.63) is 242 Å². The van der Waals surface area contributed by atoms with E-state index in [0.29, 0.717) is 11.8 Å². The average molecular weight is 981 g/mol. The predicted molar refractivity (Wildman–Crippen MR) is 322 cm³/mol. The highest BCUT2D eigenvalue weighted by molar-refractivity contribution is 6.24. The van der Waals surface area contributed by atoms with Gasteiger partial charge in [-0.2, -0.15) is 0 Å². The Bertz CT molecular complexity index is 4220. The van der Waals surface area contributed by atoms with Gasteiger partial charge in [-0.3, -0.25) is 9.55 Å². The lowest BCUT2D eigenvalue weighted by Gasteiger charge is -2.17. The molecule has 0 saturated heterocycles. The van der Waals surface area contributed by atoms with Gasteiger partial charge in [-0.1, -0.05) is 167 Å². The van der Waals surface area contributed by atoms with Crippen LogP contribution in [-0.2, 0) is 12.8 Å². The van der Waals surface area contributed by atoms with Crippen LogP contribution in [-0.4, -0.2) is 19.1 Å². The SMILES string of the molecule is CC(C)CCc1ccc2c(c1)c1ccc3c4cc(CCC(C)C)ccc4n(-c4cccc(-c5cnc6ccccc6c5)n4)c3c1n2-c1cc(-c2ccccc2)cc(-c2cc(-c3ccccc3)cc(-c3ccccc3)c2)c1. The lowest BCUT2D eigenvalue weighted by molar-refractivity contribution is 0.587. The minimum absolute atomic E-state index is 0.605. The third-order valence-corrected chi connectivity index (χ3v) is 15.4. The molecule has 13 rings (SSSR count). The molecule has 9 aromatic carbocycles. The highest BCUT2D eigenvalue weighted by Gasteiger charge is 2.24. The summed E-state index contributed by atoms with van der Waals surface area (Å²) in [4.78, 5) is 10.5. The van der Waals surface area contributed by atoms with E-state index < -0.39 is 0 Å². The van der Waals surface area contributed by atoms with E-state index in [1.54, 1.807) is 0 Å². The Morgan fingerprint density at radius 2 is 0.842 bits per heavy atom. The van der Waals surface area contributed by atoms with E-state index in [1.165, 1.54) is 66.0 Å². The Hall–Kier alpha value is -8.86. The number of hydrogen-bond acceptors (Lipinski definition) is 2. The maximum Gasteiger partial charge on any atom is 0.138 e. The number of rotatable bonds is 13. The van der Waals surface area contributed by atoms with Crippen LogP contribution in [0.1, 0.15) is 51.7 Å². The molecule has 0 spiro atoms. The number of pyridine rings is 2. The molecule has 0 bridgehead atoms. The fourth-order valence-electron chi connectivity index (χ4n) is 11.4. The van der Waals surface area contributed by atoms with Gasteiger partial charge in [-0.05, 0) is 178 Å². The number of para-hydroxylation sites is 1. The number of hydrogen-bond donors (Lipinski definition) is 0. The summed E-state index contributed by atoms with van der Waals surface area (Å²) in [7, 11) is 0. The number of benzene rings is 9. The van der Waals surface area contributed by atoms with Gasteiger partial charge in [0, 0.05) is 44.4 Å². The molecule has 0 aliphatic heterocycles. The van der Waals surface area contributed by atoms with Gasteiger partial charge >= 0.3 is 0 Å². The molecule has 4 nitrogen and oxygen atoms in total. The Kier molecular flexibility index (Phi) is 12.2. The van der Waals surface area contributed by atoms with Crippen molar-refractivity contribution in [2.75, 3.05) is 0 Å². The maximum atomic E-state index is 5.58. The van der Waals surface area contributed by atoms with E-state index in [9.17, 15) is 0 Å². The van der Waals surface area contributed by atoms with Crippen LogP contribution in [0.25, 0.3) is 122 Å². The van der Waals surface area contributed by atoms with Crippen molar-refractivity contribution in [1.29, 1.82) is 0 Å². The summed E-state index contributed by atoms with van der Waals surface area (Å²) in [6.45, 7) is 9.28. The monoisotopic (exact) mass is 980 g/mol. The van der Waals surface area contributed by atoms with Crippen LogP contribution < -0.4 is 0 Å². The zero-order chi connectivity index (χ0) is 51.3. The molecule has 76 heavy (non-hydrogen) atoms. The van der Waals surface area contributed by atoms with Crippen LogP contribution in [0.3, 0.4) is 0 Å². The summed E-state index contributed by atoms with van der Waals surface area (Å²) < 4.78 is 5.02. The summed E-state index contributed by atoms with van der Waals surface area (Å²) in [6, 6.07) is 82.9. The standard InChI is InChI=1S/C72H60N4/c1-47(2)27-29-49-31-35-68-64(37-49)62-33-34-63-65-38-50(30-28-48(3)4)32-36-69(65)76(70-26-16-25-67(74-70)60-39-54-23-14-15-24-66(54)73-46-60)72(63)71(62)75(68)61-44-58(53-21-12-7-13-22-53)43-59(45-61)57-41-55(51-17-8-5-9-18-51)40-56(42-57)52-19-10-6-11-20-52/h5-26,31-48H,27-30H2,1-4H3. The predicted octanol–water partition coefficient (Wildman–Crippen LogP) is 19.3. The molecule has 0 aliphatic rings. The minimum atomic E-state index is 0.605. The molecular formula is C72H60N4. The highest BCUT2D eigenvalue weighted by atomic mass is 15.1. The van der Waals surface area contributed by atoms with Crippen LogP contribution in [0.4, 0.5) is 0 Å². The molecule has 0 atom stereocenters. The lowest BCUT2D eigenvalue weighted by atomic mass is 9.91. The molecule has 4 heteroatoms. The lowest BCUT2D eigenvalue weighted by Crippen LogP contribution is -2.02. The van der Waals surface area contributed by atoms with Crippen molar-refractivity contribution in [3.8, 4) is 67.3 Å². The topological polar surface area (TPSA) is 35.6 Å². The quantitative estimate of drug-likeness (QED) is 0.115. The first kappa shape index (κ1) is 46.9. The molecule has 0 unspecified atom stereocenters. The molecule has 13 aromatic rings. The van der Waals surface area contributed by atoms with Crippen molar-refractivity contribution in [1.82, 2.24) is 19.1 Å². The van der Waals surface area contributed by atoms with Gasteiger partial charge in [0.1, 0.15) is 5.82 Å². The zero-order valence-electron chi connectivity index (χ0n) is 43.7. The van der Waals surface area contributed by atoms with Crippen molar-refractivity contribution in [3.63, 3.8) is 0 Å². The van der Waals surface area contributed by atoms with Crippen LogP contribution in [0, 0.1) is 11.8 Å². The summed E-state index contributed by atoms with van der Waals surface area (Å²) in [5.74, 6) is 2.08. The first-order chi connectivity index (χ1) is 37.3. The van der Waals surface area contributed by atoms with Crippen molar-refractivity contribution < 1.29 is 0 Å². The molecule has 4 heterocycles. The van der Waals surface area contributed by atoms with Crippen molar-refractivity contribution in [2.24, 2.45) is 11.8 Å². The number of aryl methyl sites for hydroxylation is 2. The van der Waals surface area contributed by atoms with E-state index in [1.807, 2.05) is 12.3 Å². The summed E-state index contributed by atoms with van der Waals surface area (Å²) in [6.07, 6.45) is 6.27. The van der Waals surface area contributed by atoms with Gasteiger partial charge in [0.05, 0.1) is 33.3 Å². The Balaban J connectivity index is 1.13. The molecule has 368 valence electrons. The summed E-state index contributed by atoms with van der Waals surface area (Å²) in [5, 5.41) is 6.01. The summed E-state index contributed by atoms with van der Waals surface area (Å²) >= 11 is 0. The fraction of sp³-hybridized carbons (Fsp3) is 0.139. The van der Waals surface area contributed by atoms with E-state index in [-0.39, 0.29) is 0 Å². The van der Waals surface area contributed by atoms with Crippen LogP contribution in [0.15, 0.2) is 231 Å². The number of aromatic nitrogens is 4. The van der Waals surface area contributed by atoms with Gasteiger partial charge in [-0.15, -0.1) is 0 Å². The average Bonchev–Trinajstić information content (AvgIpc) is 4.04. The molecule has 0 saturated carbocycles. The van der Waals surface area contributed by atoms with Crippen LogP contribution in [0.2, 0.25) is 0 Å². The van der Waals surface area contributed by atoms with Gasteiger partial charge < -0.3 is 4.57 Å². The zero-order valence-corrected chi connectivity index (χ0v) is 43.7. The fourth-order valence-corrected chi connectivity index (χ4v) is 11.4. The van der Waals surface area contributed by atoms with E-state index in [0.717, 1.165) is 92.6 Å². The number of fused-ring (bicyclic) bond motifs is 8. The Morgan fingerprint density at radius 1 is 0.368 bits per heavy atom. The maximum absolute atomic E-state index is 5.58. The second kappa shape index (κ2) is 19.8. The van der Waals surface area contributed by atoms with E-state index >= 15 is 0 Å². The Morgan fingerprint density at radius 3 is 1.39 bits per heavy atom. The van der Waals surface area contributed by atoms with Gasteiger partial charge in [0.15, 0.2) is 0 Å². The molecule has 0 radical (unpaired) electrons. The largest absolute Gasteiger partial charge is 0.307 e. The highest BCUT2D eigenvalue weighted by Crippen LogP contribution is 2.44. The molecule has 0 fully saturated rings. The Labute approximate surface area is 445 Å². The van der Waals surface area contributed by atoms with Crippen LogP contribution in [0.5, 0.6) is 0 Å². The first-order valence-electron chi connectivity index (χ1n) is 27.1. The molecule has 4 aromatic heterocycles. The van der Waals surface area contributed by atoms with E-state index in [2.05, 4.69) is 255 Å².